The van der Waals surface area contributed by atoms with Crippen LogP contribution >= 0.6 is 0 Å². The highest BCUT2D eigenvalue weighted by molar-refractivity contribution is 5.93. The molecule has 0 aliphatic carbocycles. The number of pyridine rings is 1. The molecule has 26 heavy (non-hydrogen) atoms. The van der Waals surface area contributed by atoms with E-state index < -0.39 is 0 Å². The highest BCUT2D eigenvalue weighted by Gasteiger charge is 2.23. The highest BCUT2D eigenvalue weighted by atomic mass is 16.1. The molecule has 136 valence electrons. The smallest absolute Gasteiger partial charge is 0.254 e. The Labute approximate surface area is 153 Å². The molecule has 1 saturated heterocycles. The first kappa shape index (κ1) is 17.9. The van der Waals surface area contributed by atoms with Gasteiger partial charge >= 0.3 is 0 Å². The number of piperidine rings is 1. The Balaban J connectivity index is 1.57. The molecular weight excluding hydrogens is 328 g/mol. The van der Waals surface area contributed by atoms with Gasteiger partial charge in [-0.15, -0.1) is 0 Å². The molecule has 1 aliphatic heterocycles. The number of nitrogens with one attached hydrogen (secondary N) is 1. The van der Waals surface area contributed by atoms with Crippen LogP contribution in [0.2, 0.25) is 0 Å². The van der Waals surface area contributed by atoms with Crippen LogP contribution in [0.3, 0.4) is 0 Å². The Hall–Kier alpha value is -2.88. The van der Waals surface area contributed by atoms with Crippen molar-refractivity contribution in [2.24, 2.45) is 13.0 Å². The molecule has 7 nitrogen and oxygen atoms in total. The fraction of sp³-hybridized carbons (Fsp3) is 0.474. The van der Waals surface area contributed by atoms with Crippen LogP contribution in [0.25, 0.3) is 0 Å². The Bertz CT molecular complexity index is 842. The molecule has 2 aromatic heterocycles. The van der Waals surface area contributed by atoms with Crippen molar-refractivity contribution >= 4 is 11.7 Å². The van der Waals surface area contributed by atoms with Crippen molar-refractivity contribution in [3.63, 3.8) is 0 Å². The molecule has 1 amide bonds. The SMILES string of the molecule is Cc1cc(C)c(C#N)c(N2CCC(CNC(=O)c3cnn(C)c3)CC2)n1. The summed E-state index contributed by atoms with van der Waals surface area (Å²) >= 11 is 0. The van der Waals surface area contributed by atoms with Crippen molar-refractivity contribution in [1.29, 1.82) is 5.26 Å². The molecule has 3 rings (SSSR count). The fourth-order valence-electron chi connectivity index (χ4n) is 3.41. The molecule has 0 radical (unpaired) electrons. The van der Waals surface area contributed by atoms with E-state index >= 15 is 0 Å². The molecule has 1 N–H and O–H groups in total. The van der Waals surface area contributed by atoms with Crippen molar-refractivity contribution in [3.05, 3.63) is 40.8 Å². The van der Waals surface area contributed by atoms with Crippen LogP contribution in [0, 0.1) is 31.1 Å². The third-order valence-corrected chi connectivity index (χ3v) is 4.87. The molecule has 7 heteroatoms. The second-order valence-corrected chi connectivity index (χ2v) is 6.93. The Morgan fingerprint density at radius 3 is 2.73 bits per heavy atom. The molecule has 0 unspecified atom stereocenters. The zero-order chi connectivity index (χ0) is 18.7. The van der Waals surface area contributed by atoms with E-state index in [1.54, 1.807) is 24.1 Å². The summed E-state index contributed by atoms with van der Waals surface area (Å²) in [5, 5.41) is 16.5. The molecule has 1 fully saturated rings. The predicted molar refractivity (Wildman–Crippen MR) is 98.9 cm³/mol. The quantitative estimate of drug-likeness (QED) is 0.909. The molecule has 2 aromatic rings. The van der Waals surface area contributed by atoms with E-state index in [-0.39, 0.29) is 5.91 Å². The zero-order valence-electron chi connectivity index (χ0n) is 15.5. The molecule has 1 aliphatic rings. The highest BCUT2D eigenvalue weighted by Crippen LogP contribution is 2.26. The third-order valence-electron chi connectivity index (χ3n) is 4.87. The number of nitrogens with zero attached hydrogens (tertiary/aromatic N) is 5. The number of anilines is 1. The first-order chi connectivity index (χ1) is 12.5. The second-order valence-electron chi connectivity index (χ2n) is 6.93. The number of carbonyl (C=O) groups is 1. The van der Waals surface area contributed by atoms with E-state index in [1.807, 2.05) is 19.9 Å². The maximum Gasteiger partial charge on any atom is 0.254 e. The third kappa shape index (κ3) is 3.85. The number of amides is 1. The van der Waals surface area contributed by atoms with Gasteiger partial charge in [0.2, 0.25) is 0 Å². The molecule has 0 saturated carbocycles. The summed E-state index contributed by atoms with van der Waals surface area (Å²) in [5.74, 6) is 1.15. The number of hydrogen-bond donors (Lipinski definition) is 1. The minimum Gasteiger partial charge on any atom is -0.355 e. The zero-order valence-corrected chi connectivity index (χ0v) is 15.5. The summed E-state index contributed by atoms with van der Waals surface area (Å²) in [4.78, 5) is 18.9. The number of nitriles is 1. The molecule has 0 aromatic carbocycles. The van der Waals surface area contributed by atoms with Gasteiger partial charge in [-0.25, -0.2) is 4.98 Å². The summed E-state index contributed by atoms with van der Waals surface area (Å²) in [6, 6.07) is 4.24. The van der Waals surface area contributed by atoms with Gasteiger partial charge in [-0.1, -0.05) is 0 Å². The Morgan fingerprint density at radius 1 is 1.38 bits per heavy atom. The summed E-state index contributed by atoms with van der Waals surface area (Å²) in [7, 11) is 1.79. The van der Waals surface area contributed by atoms with Crippen molar-refractivity contribution < 1.29 is 4.79 Å². The molecule has 0 bridgehead atoms. The summed E-state index contributed by atoms with van der Waals surface area (Å²) in [6.07, 6.45) is 5.22. The monoisotopic (exact) mass is 352 g/mol. The van der Waals surface area contributed by atoms with E-state index in [1.165, 1.54) is 0 Å². The van der Waals surface area contributed by atoms with E-state index in [0.29, 0.717) is 23.6 Å². The lowest BCUT2D eigenvalue weighted by atomic mass is 9.96. The van der Waals surface area contributed by atoms with Crippen LogP contribution in [0.1, 0.15) is 40.0 Å². The lowest BCUT2D eigenvalue weighted by molar-refractivity contribution is 0.0945. The van der Waals surface area contributed by atoms with Gasteiger partial charge in [0.25, 0.3) is 5.91 Å². The normalized spacial score (nSPS) is 14.9. The van der Waals surface area contributed by atoms with Gasteiger partial charge in [-0.3, -0.25) is 9.48 Å². The average molecular weight is 352 g/mol. The number of hydrogen-bond acceptors (Lipinski definition) is 5. The number of rotatable bonds is 4. The average Bonchev–Trinajstić information content (AvgIpc) is 3.06. The number of aromatic nitrogens is 3. The van der Waals surface area contributed by atoms with Gasteiger partial charge in [-0.2, -0.15) is 10.4 Å². The topological polar surface area (TPSA) is 86.8 Å². The van der Waals surface area contributed by atoms with Crippen LogP contribution < -0.4 is 10.2 Å². The Morgan fingerprint density at radius 2 is 2.12 bits per heavy atom. The maximum absolute atomic E-state index is 12.1. The maximum atomic E-state index is 12.1. The number of aryl methyl sites for hydroxylation is 3. The van der Waals surface area contributed by atoms with Gasteiger partial charge in [-0.05, 0) is 44.2 Å². The van der Waals surface area contributed by atoms with Crippen LogP contribution in [0.4, 0.5) is 5.82 Å². The van der Waals surface area contributed by atoms with Gasteiger partial charge in [0.05, 0.1) is 17.3 Å². The van der Waals surface area contributed by atoms with Gasteiger partial charge in [0.1, 0.15) is 11.9 Å². The number of carbonyl (C=O) groups excluding carboxylic acids is 1. The van der Waals surface area contributed by atoms with Gasteiger partial charge in [0.15, 0.2) is 0 Å². The molecule has 0 spiro atoms. The molecular formula is C19H24N6O. The minimum absolute atomic E-state index is 0.0803. The van der Waals surface area contributed by atoms with Crippen LogP contribution in [0.15, 0.2) is 18.5 Å². The first-order valence-electron chi connectivity index (χ1n) is 8.88. The lowest BCUT2D eigenvalue weighted by Crippen LogP contribution is -2.39. The van der Waals surface area contributed by atoms with Gasteiger partial charge in [0, 0.05) is 38.6 Å². The first-order valence-corrected chi connectivity index (χ1v) is 8.88. The lowest BCUT2D eigenvalue weighted by Gasteiger charge is -2.33. The largest absolute Gasteiger partial charge is 0.355 e. The Kier molecular flexibility index (Phi) is 5.21. The van der Waals surface area contributed by atoms with Crippen LogP contribution in [0.5, 0.6) is 0 Å². The van der Waals surface area contributed by atoms with E-state index in [2.05, 4.69) is 26.4 Å². The van der Waals surface area contributed by atoms with Crippen molar-refractivity contribution in [2.75, 3.05) is 24.5 Å². The fourth-order valence-corrected chi connectivity index (χ4v) is 3.41. The van der Waals surface area contributed by atoms with Crippen LogP contribution in [-0.4, -0.2) is 40.3 Å². The summed E-state index contributed by atoms with van der Waals surface area (Å²) in [6.45, 7) is 6.26. The van der Waals surface area contributed by atoms with Crippen molar-refractivity contribution in [1.82, 2.24) is 20.1 Å². The van der Waals surface area contributed by atoms with Crippen molar-refractivity contribution in [3.8, 4) is 6.07 Å². The van der Waals surface area contributed by atoms with E-state index in [0.717, 1.165) is 43.0 Å². The van der Waals surface area contributed by atoms with Crippen LogP contribution in [-0.2, 0) is 7.05 Å². The molecule has 0 atom stereocenters. The molecule has 3 heterocycles. The second kappa shape index (κ2) is 7.56. The summed E-state index contributed by atoms with van der Waals surface area (Å²) in [5.41, 5.74) is 3.16. The van der Waals surface area contributed by atoms with Crippen molar-refractivity contribution in [2.45, 2.75) is 26.7 Å². The standard InChI is InChI=1S/C19H24N6O/c1-13-8-14(2)23-18(17(13)9-20)25-6-4-15(5-7-25)10-21-19(26)16-11-22-24(3)12-16/h8,11-12,15H,4-7,10H2,1-3H3,(H,21,26). The minimum atomic E-state index is -0.0803. The van der Waals surface area contributed by atoms with Gasteiger partial charge < -0.3 is 10.2 Å². The summed E-state index contributed by atoms with van der Waals surface area (Å²) < 4.78 is 1.62. The predicted octanol–water partition coefficient (Wildman–Crippen LogP) is 1.95. The van der Waals surface area contributed by atoms with E-state index in [4.69, 9.17) is 0 Å². The van der Waals surface area contributed by atoms with E-state index in [9.17, 15) is 10.1 Å².